The first kappa shape index (κ1) is 24.8. The third kappa shape index (κ3) is 5.45. The quantitative estimate of drug-likeness (QED) is 0.501. The van der Waals surface area contributed by atoms with Crippen molar-refractivity contribution in [2.45, 2.75) is 63.6 Å². The molecule has 7 heteroatoms. The minimum atomic E-state index is -0.418. The number of carbonyl (C=O) groups is 2. The van der Waals surface area contributed by atoms with Crippen molar-refractivity contribution in [3.8, 4) is 5.75 Å². The van der Waals surface area contributed by atoms with Crippen molar-refractivity contribution < 1.29 is 14.3 Å². The normalized spacial score (nSPS) is 24.0. The maximum atomic E-state index is 13.0. The predicted octanol–water partition coefficient (Wildman–Crippen LogP) is 4.86. The van der Waals surface area contributed by atoms with Crippen molar-refractivity contribution in [1.29, 1.82) is 0 Å². The van der Waals surface area contributed by atoms with E-state index in [9.17, 15) is 9.59 Å². The van der Waals surface area contributed by atoms with Gasteiger partial charge in [0.05, 0.1) is 5.02 Å². The number of allylic oxidation sites excluding steroid dienone is 1. The van der Waals surface area contributed by atoms with E-state index < -0.39 is 6.04 Å². The maximum absolute atomic E-state index is 13.0. The highest BCUT2D eigenvalue weighted by Gasteiger charge is 2.38. The molecule has 0 radical (unpaired) electrons. The second-order valence-electron chi connectivity index (χ2n) is 10.2. The Bertz CT molecular complexity index is 1150. The zero-order valence-corrected chi connectivity index (χ0v) is 21.4. The van der Waals surface area contributed by atoms with Gasteiger partial charge in [0.25, 0.3) is 5.91 Å². The minimum Gasteiger partial charge on any atom is -0.491 e. The van der Waals surface area contributed by atoms with Gasteiger partial charge in [-0.1, -0.05) is 55.3 Å². The molecule has 190 valence electrons. The van der Waals surface area contributed by atoms with Crippen molar-refractivity contribution in [1.82, 2.24) is 15.5 Å². The van der Waals surface area contributed by atoms with Gasteiger partial charge in [-0.2, -0.15) is 0 Å². The average Bonchev–Trinajstić information content (AvgIpc) is 3.19. The largest absolute Gasteiger partial charge is 0.491 e. The molecule has 2 heterocycles. The minimum absolute atomic E-state index is 0.0417. The lowest BCUT2D eigenvalue weighted by Gasteiger charge is -2.32. The van der Waals surface area contributed by atoms with Crippen LogP contribution in [-0.2, 0) is 17.8 Å². The van der Waals surface area contributed by atoms with E-state index in [-0.39, 0.29) is 11.8 Å². The number of amides is 2. The zero-order chi connectivity index (χ0) is 25.1. The highest BCUT2D eigenvalue weighted by atomic mass is 35.5. The molecule has 1 aliphatic carbocycles. The number of nitrogens with one attached hydrogen (secondary N) is 2. The van der Waals surface area contributed by atoms with Crippen LogP contribution >= 0.6 is 11.6 Å². The molecule has 2 aromatic carbocycles. The van der Waals surface area contributed by atoms with E-state index in [1.807, 2.05) is 30.3 Å². The Labute approximate surface area is 218 Å². The van der Waals surface area contributed by atoms with Gasteiger partial charge in [0.1, 0.15) is 18.4 Å². The van der Waals surface area contributed by atoms with Crippen LogP contribution in [0.2, 0.25) is 5.02 Å². The van der Waals surface area contributed by atoms with Gasteiger partial charge in [-0.3, -0.25) is 9.59 Å². The van der Waals surface area contributed by atoms with E-state index in [4.69, 9.17) is 16.3 Å². The summed E-state index contributed by atoms with van der Waals surface area (Å²) in [6.45, 7) is 5.69. The van der Waals surface area contributed by atoms with Crippen LogP contribution in [0.1, 0.15) is 60.0 Å². The SMILES string of the molecule is C=C1CCC(N2Cc3cc(C[C@H]4CCCC[C@@H]4NCCOc4ccccc4Cl)ccc3C2=O)C(=O)N1. The van der Waals surface area contributed by atoms with Crippen molar-refractivity contribution in [2.24, 2.45) is 5.92 Å². The van der Waals surface area contributed by atoms with E-state index in [0.717, 1.165) is 42.0 Å². The van der Waals surface area contributed by atoms with Crippen LogP contribution in [0.5, 0.6) is 5.75 Å². The second kappa shape index (κ2) is 11.1. The number of fused-ring (bicyclic) bond motifs is 1. The van der Waals surface area contributed by atoms with Crippen LogP contribution in [0, 0.1) is 5.92 Å². The molecule has 2 amide bonds. The van der Waals surface area contributed by atoms with Crippen LogP contribution in [0.25, 0.3) is 0 Å². The smallest absolute Gasteiger partial charge is 0.255 e. The van der Waals surface area contributed by atoms with Gasteiger partial charge in [-0.15, -0.1) is 0 Å². The molecule has 6 nitrogen and oxygen atoms in total. The Balaban J connectivity index is 1.18. The molecule has 2 aromatic rings. The predicted molar refractivity (Wildman–Crippen MR) is 141 cm³/mol. The number of ether oxygens (including phenoxy) is 1. The van der Waals surface area contributed by atoms with Gasteiger partial charge in [0.2, 0.25) is 5.91 Å². The van der Waals surface area contributed by atoms with Crippen LogP contribution < -0.4 is 15.4 Å². The molecule has 1 saturated heterocycles. The number of para-hydroxylation sites is 1. The molecule has 1 saturated carbocycles. The monoisotopic (exact) mass is 507 g/mol. The van der Waals surface area contributed by atoms with Crippen LogP contribution in [0.4, 0.5) is 0 Å². The van der Waals surface area contributed by atoms with Gasteiger partial charge in [-0.05, 0) is 67.3 Å². The van der Waals surface area contributed by atoms with Gasteiger partial charge in [0, 0.05) is 30.4 Å². The van der Waals surface area contributed by atoms with Gasteiger partial charge in [-0.25, -0.2) is 0 Å². The fourth-order valence-electron chi connectivity index (χ4n) is 5.83. The second-order valence-corrected chi connectivity index (χ2v) is 10.6. The number of rotatable bonds is 8. The molecular formula is C29H34ClN3O3. The third-order valence-electron chi connectivity index (χ3n) is 7.71. The molecule has 2 aliphatic heterocycles. The van der Waals surface area contributed by atoms with E-state index in [2.05, 4.69) is 29.3 Å². The number of benzene rings is 2. The molecular weight excluding hydrogens is 474 g/mol. The summed E-state index contributed by atoms with van der Waals surface area (Å²) in [6, 6.07) is 13.8. The summed E-state index contributed by atoms with van der Waals surface area (Å²) in [5.74, 6) is 1.10. The Kier molecular flexibility index (Phi) is 7.63. The molecule has 36 heavy (non-hydrogen) atoms. The number of nitrogens with zero attached hydrogens (tertiary/aromatic N) is 1. The van der Waals surface area contributed by atoms with Crippen LogP contribution in [0.3, 0.4) is 0 Å². The molecule has 1 unspecified atom stereocenters. The number of piperidine rings is 1. The van der Waals surface area contributed by atoms with Gasteiger partial charge in [0.15, 0.2) is 0 Å². The third-order valence-corrected chi connectivity index (χ3v) is 8.02. The lowest BCUT2D eigenvalue weighted by molar-refractivity contribution is -0.126. The first-order chi connectivity index (χ1) is 17.5. The lowest BCUT2D eigenvalue weighted by atomic mass is 9.80. The Morgan fingerprint density at radius 3 is 2.78 bits per heavy atom. The first-order valence-electron chi connectivity index (χ1n) is 13.0. The molecule has 5 rings (SSSR count). The van der Waals surface area contributed by atoms with Crippen molar-refractivity contribution in [3.05, 3.63) is 76.5 Å². The summed E-state index contributed by atoms with van der Waals surface area (Å²) >= 11 is 6.19. The number of hydrogen-bond donors (Lipinski definition) is 2. The fourth-order valence-corrected chi connectivity index (χ4v) is 6.02. The summed E-state index contributed by atoms with van der Waals surface area (Å²) in [5, 5.41) is 7.16. The lowest BCUT2D eigenvalue weighted by Crippen LogP contribution is -2.49. The highest BCUT2D eigenvalue weighted by molar-refractivity contribution is 6.32. The standard InChI is InChI=1S/C29H34ClN3O3/c1-19-10-13-26(28(34)32-19)33-18-22-17-20(11-12-23(22)29(33)35)16-21-6-2-4-8-25(21)31-14-15-36-27-9-5-3-7-24(27)30/h3,5,7,9,11-12,17,21,25-26,31H,1-2,4,6,8,10,13-16,18H2,(H,32,34)/t21-,25+,26?/m1/s1. The van der Waals surface area contributed by atoms with Crippen molar-refractivity contribution in [2.75, 3.05) is 13.2 Å². The Morgan fingerprint density at radius 2 is 1.94 bits per heavy atom. The molecule has 2 N–H and O–H groups in total. The maximum Gasteiger partial charge on any atom is 0.255 e. The molecule has 0 bridgehead atoms. The Morgan fingerprint density at radius 1 is 1.11 bits per heavy atom. The van der Waals surface area contributed by atoms with E-state index in [0.29, 0.717) is 43.0 Å². The van der Waals surface area contributed by atoms with Crippen LogP contribution in [-0.4, -0.2) is 41.9 Å². The van der Waals surface area contributed by atoms with Crippen LogP contribution in [0.15, 0.2) is 54.7 Å². The first-order valence-corrected chi connectivity index (χ1v) is 13.4. The zero-order valence-electron chi connectivity index (χ0n) is 20.6. The topological polar surface area (TPSA) is 70.7 Å². The molecule has 3 aliphatic rings. The van der Waals surface area contributed by atoms with Gasteiger partial charge < -0.3 is 20.3 Å². The van der Waals surface area contributed by atoms with Crippen molar-refractivity contribution >= 4 is 23.4 Å². The molecule has 0 aromatic heterocycles. The molecule has 0 spiro atoms. The van der Waals surface area contributed by atoms with Crippen molar-refractivity contribution in [3.63, 3.8) is 0 Å². The number of carbonyl (C=O) groups excluding carboxylic acids is 2. The van der Waals surface area contributed by atoms with E-state index in [1.54, 1.807) is 4.90 Å². The fraction of sp³-hybridized carbons (Fsp3) is 0.448. The summed E-state index contributed by atoms with van der Waals surface area (Å²) < 4.78 is 5.85. The molecule has 2 fully saturated rings. The number of hydrogen-bond acceptors (Lipinski definition) is 4. The summed E-state index contributed by atoms with van der Waals surface area (Å²) in [6.07, 6.45) is 7.16. The van der Waals surface area contributed by atoms with E-state index in [1.165, 1.54) is 24.8 Å². The summed E-state index contributed by atoms with van der Waals surface area (Å²) in [7, 11) is 0. The number of halogens is 1. The summed E-state index contributed by atoms with van der Waals surface area (Å²) in [4.78, 5) is 27.2. The van der Waals surface area contributed by atoms with Gasteiger partial charge >= 0.3 is 0 Å². The highest BCUT2D eigenvalue weighted by Crippen LogP contribution is 2.32. The Hall–Kier alpha value is -2.83. The summed E-state index contributed by atoms with van der Waals surface area (Å²) in [5.41, 5.74) is 3.75. The average molecular weight is 508 g/mol. The molecule has 3 atom stereocenters. The van der Waals surface area contributed by atoms with E-state index >= 15 is 0 Å².